The highest BCUT2D eigenvalue weighted by molar-refractivity contribution is 5.95. The van der Waals surface area contributed by atoms with Crippen LogP contribution in [0.3, 0.4) is 0 Å². The SMILES string of the molecule is Cc1cc(C(=O)NCC(O)C(C)(C)C)c(C)n1C1CC1. The van der Waals surface area contributed by atoms with Gasteiger partial charge < -0.3 is 15.0 Å². The Bertz CT molecular complexity index is 507. The number of aryl methyl sites for hydroxylation is 1. The maximum Gasteiger partial charge on any atom is 0.253 e. The molecule has 1 aromatic rings. The summed E-state index contributed by atoms with van der Waals surface area (Å²) in [6.07, 6.45) is 1.87. The first kappa shape index (κ1) is 15.1. The third-order valence-electron chi connectivity index (χ3n) is 4.10. The van der Waals surface area contributed by atoms with Gasteiger partial charge in [0.1, 0.15) is 0 Å². The van der Waals surface area contributed by atoms with Crippen LogP contribution in [0.4, 0.5) is 0 Å². The monoisotopic (exact) mass is 278 g/mol. The van der Waals surface area contributed by atoms with E-state index in [0.29, 0.717) is 6.04 Å². The van der Waals surface area contributed by atoms with Crippen LogP contribution in [0.2, 0.25) is 0 Å². The van der Waals surface area contributed by atoms with Crippen LogP contribution in [0.5, 0.6) is 0 Å². The number of carbonyl (C=O) groups excluding carboxylic acids is 1. The molecule has 1 saturated carbocycles. The molecular weight excluding hydrogens is 252 g/mol. The fourth-order valence-corrected chi connectivity index (χ4v) is 2.49. The van der Waals surface area contributed by atoms with Crippen LogP contribution in [0, 0.1) is 19.3 Å². The van der Waals surface area contributed by atoms with Crippen molar-refractivity contribution in [1.82, 2.24) is 9.88 Å². The minimum absolute atomic E-state index is 0.0895. The molecule has 1 atom stereocenters. The maximum atomic E-state index is 12.3. The molecule has 2 N–H and O–H groups in total. The molecule has 112 valence electrons. The van der Waals surface area contributed by atoms with Gasteiger partial charge in [-0.3, -0.25) is 4.79 Å². The molecule has 0 spiro atoms. The summed E-state index contributed by atoms with van der Waals surface area (Å²) >= 11 is 0. The minimum Gasteiger partial charge on any atom is -0.391 e. The van der Waals surface area contributed by atoms with Crippen LogP contribution in [0.15, 0.2) is 6.07 Å². The Morgan fingerprint density at radius 3 is 2.55 bits per heavy atom. The predicted octanol–water partition coefficient (Wildman–Crippen LogP) is 2.58. The summed E-state index contributed by atoms with van der Waals surface area (Å²) in [5, 5.41) is 12.8. The molecule has 0 aromatic carbocycles. The molecule has 1 aromatic heterocycles. The van der Waals surface area contributed by atoms with E-state index in [2.05, 4.69) is 9.88 Å². The van der Waals surface area contributed by atoms with Gasteiger partial charge in [0.2, 0.25) is 0 Å². The van der Waals surface area contributed by atoms with E-state index in [-0.39, 0.29) is 17.9 Å². The zero-order valence-corrected chi connectivity index (χ0v) is 13.2. The van der Waals surface area contributed by atoms with Gasteiger partial charge in [0.25, 0.3) is 5.91 Å². The number of hydrogen-bond acceptors (Lipinski definition) is 2. The van der Waals surface area contributed by atoms with Gasteiger partial charge in [-0.25, -0.2) is 0 Å². The molecule has 1 amide bonds. The standard InChI is InChI=1S/C16H26N2O2/c1-10-8-13(11(2)18(10)12-6-7-12)15(20)17-9-14(19)16(3,4)5/h8,12,14,19H,6-7,9H2,1-5H3,(H,17,20). The fraction of sp³-hybridized carbons (Fsp3) is 0.688. The van der Waals surface area contributed by atoms with Crippen LogP contribution in [-0.2, 0) is 0 Å². The summed E-state index contributed by atoms with van der Waals surface area (Å²) in [6.45, 7) is 10.2. The molecule has 0 aliphatic heterocycles. The number of rotatable bonds is 4. The normalized spacial score (nSPS) is 17.1. The van der Waals surface area contributed by atoms with Gasteiger partial charge in [-0.2, -0.15) is 0 Å². The topological polar surface area (TPSA) is 54.3 Å². The van der Waals surface area contributed by atoms with Gasteiger partial charge >= 0.3 is 0 Å². The number of aromatic nitrogens is 1. The molecule has 1 aliphatic carbocycles. The number of carbonyl (C=O) groups is 1. The van der Waals surface area contributed by atoms with Crippen molar-refractivity contribution in [1.29, 1.82) is 0 Å². The van der Waals surface area contributed by atoms with E-state index in [1.807, 2.05) is 40.7 Å². The zero-order valence-electron chi connectivity index (χ0n) is 13.2. The molecule has 20 heavy (non-hydrogen) atoms. The lowest BCUT2D eigenvalue weighted by molar-refractivity contribution is 0.0586. The van der Waals surface area contributed by atoms with Crippen molar-refractivity contribution in [2.24, 2.45) is 5.41 Å². The highest BCUT2D eigenvalue weighted by atomic mass is 16.3. The van der Waals surface area contributed by atoms with Crippen molar-refractivity contribution in [3.8, 4) is 0 Å². The average Bonchev–Trinajstić information content (AvgIpc) is 3.11. The molecule has 1 fully saturated rings. The van der Waals surface area contributed by atoms with Gasteiger partial charge in [-0.15, -0.1) is 0 Å². The van der Waals surface area contributed by atoms with Crippen LogP contribution >= 0.6 is 0 Å². The summed E-state index contributed by atoms with van der Waals surface area (Å²) < 4.78 is 2.26. The summed E-state index contributed by atoms with van der Waals surface area (Å²) in [6, 6.07) is 2.53. The molecule has 1 unspecified atom stereocenters. The van der Waals surface area contributed by atoms with Gasteiger partial charge in [0.05, 0.1) is 11.7 Å². The maximum absolute atomic E-state index is 12.3. The molecular formula is C16H26N2O2. The number of amides is 1. The highest BCUT2D eigenvalue weighted by Gasteiger charge is 2.29. The summed E-state index contributed by atoms with van der Waals surface area (Å²) in [4.78, 5) is 12.3. The van der Waals surface area contributed by atoms with Crippen LogP contribution in [-0.4, -0.2) is 28.2 Å². The molecule has 0 bridgehead atoms. The second-order valence-corrected chi connectivity index (χ2v) is 6.98. The largest absolute Gasteiger partial charge is 0.391 e. The third kappa shape index (κ3) is 3.06. The molecule has 0 radical (unpaired) electrons. The first-order valence-electron chi connectivity index (χ1n) is 7.36. The summed E-state index contributed by atoms with van der Waals surface area (Å²) in [5.41, 5.74) is 2.69. The van der Waals surface area contributed by atoms with E-state index in [1.165, 1.54) is 12.8 Å². The Labute approximate surface area is 121 Å². The fourth-order valence-electron chi connectivity index (χ4n) is 2.49. The summed E-state index contributed by atoms with van der Waals surface area (Å²) in [7, 11) is 0. The van der Waals surface area contributed by atoms with Crippen LogP contribution in [0.1, 0.15) is 61.4 Å². The van der Waals surface area contributed by atoms with Crippen molar-refractivity contribution in [2.45, 2.75) is 59.6 Å². The van der Waals surface area contributed by atoms with E-state index >= 15 is 0 Å². The Hall–Kier alpha value is -1.29. The molecule has 4 nitrogen and oxygen atoms in total. The highest BCUT2D eigenvalue weighted by Crippen LogP contribution is 2.38. The van der Waals surface area contributed by atoms with Gasteiger partial charge in [-0.05, 0) is 38.2 Å². The second kappa shape index (κ2) is 5.24. The van der Waals surface area contributed by atoms with E-state index in [4.69, 9.17) is 0 Å². The lowest BCUT2D eigenvalue weighted by atomic mass is 9.89. The Balaban J connectivity index is 2.05. The van der Waals surface area contributed by atoms with Crippen LogP contribution < -0.4 is 5.32 Å². The van der Waals surface area contributed by atoms with Crippen molar-refractivity contribution in [3.05, 3.63) is 23.0 Å². The Morgan fingerprint density at radius 1 is 1.45 bits per heavy atom. The second-order valence-electron chi connectivity index (χ2n) is 6.98. The third-order valence-corrected chi connectivity index (χ3v) is 4.10. The average molecular weight is 278 g/mol. The van der Waals surface area contributed by atoms with Crippen molar-refractivity contribution in [2.75, 3.05) is 6.54 Å². The lowest BCUT2D eigenvalue weighted by Crippen LogP contribution is -2.39. The van der Waals surface area contributed by atoms with E-state index in [9.17, 15) is 9.90 Å². The first-order chi connectivity index (χ1) is 9.21. The van der Waals surface area contributed by atoms with Crippen molar-refractivity contribution < 1.29 is 9.90 Å². The van der Waals surface area contributed by atoms with E-state index < -0.39 is 6.10 Å². The number of hydrogen-bond donors (Lipinski definition) is 2. The number of aliphatic hydroxyl groups excluding tert-OH is 1. The van der Waals surface area contributed by atoms with Crippen molar-refractivity contribution >= 4 is 5.91 Å². The Kier molecular flexibility index (Phi) is 3.96. The van der Waals surface area contributed by atoms with Gasteiger partial charge in [0.15, 0.2) is 0 Å². The molecule has 0 saturated heterocycles. The number of nitrogens with zero attached hydrogens (tertiary/aromatic N) is 1. The van der Waals surface area contributed by atoms with E-state index in [0.717, 1.165) is 17.0 Å². The molecule has 4 heteroatoms. The zero-order chi connectivity index (χ0) is 15.1. The predicted molar refractivity (Wildman–Crippen MR) is 80.0 cm³/mol. The van der Waals surface area contributed by atoms with Crippen molar-refractivity contribution in [3.63, 3.8) is 0 Å². The molecule has 1 heterocycles. The van der Waals surface area contributed by atoms with Gasteiger partial charge in [-0.1, -0.05) is 20.8 Å². The van der Waals surface area contributed by atoms with Crippen LogP contribution in [0.25, 0.3) is 0 Å². The first-order valence-corrected chi connectivity index (χ1v) is 7.36. The molecule has 2 rings (SSSR count). The van der Waals surface area contributed by atoms with Gasteiger partial charge in [0, 0.05) is 24.0 Å². The summed E-state index contributed by atoms with van der Waals surface area (Å²) in [5.74, 6) is -0.0895. The lowest BCUT2D eigenvalue weighted by Gasteiger charge is -2.25. The number of aliphatic hydroxyl groups is 1. The minimum atomic E-state index is -0.543. The Morgan fingerprint density at radius 2 is 2.05 bits per heavy atom. The quantitative estimate of drug-likeness (QED) is 0.889. The number of nitrogens with one attached hydrogen (secondary N) is 1. The molecule has 1 aliphatic rings. The van der Waals surface area contributed by atoms with E-state index in [1.54, 1.807) is 0 Å². The smallest absolute Gasteiger partial charge is 0.253 e.